The standard InChI is InChI=1S/C17H16ClN3O3/c18-14-3-1-2-4-15(14)21(13-9-16(22)19-10-13)12-7-5-11(6-8-12)17(23)20-24/h1-8,13,24H,9-10H2,(H,19,22)(H,20,23). The fourth-order valence-electron chi connectivity index (χ4n) is 2.80. The molecular weight excluding hydrogens is 330 g/mol. The van der Waals surface area contributed by atoms with E-state index in [1.54, 1.807) is 35.8 Å². The molecule has 3 rings (SSSR count). The highest BCUT2D eigenvalue weighted by molar-refractivity contribution is 6.33. The first-order valence-corrected chi connectivity index (χ1v) is 7.83. The SMILES string of the molecule is O=C1CC(N(c2ccc(C(=O)NO)cc2)c2ccccc2Cl)CN1. The van der Waals surface area contributed by atoms with Gasteiger partial charge in [-0.15, -0.1) is 0 Å². The summed E-state index contributed by atoms with van der Waals surface area (Å²) in [4.78, 5) is 25.1. The van der Waals surface area contributed by atoms with Crippen LogP contribution in [0.5, 0.6) is 0 Å². The molecule has 1 unspecified atom stereocenters. The minimum Gasteiger partial charge on any atom is -0.354 e. The predicted molar refractivity (Wildman–Crippen MR) is 90.7 cm³/mol. The summed E-state index contributed by atoms with van der Waals surface area (Å²) in [6, 6.07) is 14.1. The Labute approximate surface area is 144 Å². The van der Waals surface area contributed by atoms with E-state index in [1.807, 2.05) is 23.1 Å². The first-order chi connectivity index (χ1) is 11.6. The molecule has 1 fully saturated rings. The van der Waals surface area contributed by atoms with Crippen molar-refractivity contribution in [2.24, 2.45) is 0 Å². The van der Waals surface area contributed by atoms with E-state index < -0.39 is 5.91 Å². The van der Waals surface area contributed by atoms with Gasteiger partial charge in [-0.25, -0.2) is 5.48 Å². The molecule has 2 aromatic rings. The monoisotopic (exact) mass is 345 g/mol. The van der Waals surface area contributed by atoms with Crippen molar-refractivity contribution in [1.29, 1.82) is 0 Å². The van der Waals surface area contributed by atoms with Crippen LogP contribution in [0, 0.1) is 0 Å². The number of rotatable bonds is 4. The Morgan fingerprint density at radius 1 is 1.21 bits per heavy atom. The maximum atomic E-state index is 11.6. The van der Waals surface area contributed by atoms with Crippen LogP contribution >= 0.6 is 11.6 Å². The third kappa shape index (κ3) is 3.20. The molecule has 124 valence electrons. The van der Waals surface area contributed by atoms with Crippen LogP contribution < -0.4 is 15.7 Å². The van der Waals surface area contributed by atoms with Crippen molar-refractivity contribution >= 4 is 34.8 Å². The number of para-hydroxylation sites is 1. The number of benzene rings is 2. The van der Waals surface area contributed by atoms with Crippen molar-refractivity contribution in [3.8, 4) is 0 Å². The zero-order chi connectivity index (χ0) is 17.1. The first-order valence-electron chi connectivity index (χ1n) is 7.45. The Balaban J connectivity index is 2.00. The summed E-state index contributed by atoms with van der Waals surface area (Å²) >= 11 is 6.34. The number of carbonyl (C=O) groups excluding carboxylic acids is 2. The molecule has 1 saturated heterocycles. The molecular formula is C17H16ClN3O3. The van der Waals surface area contributed by atoms with Crippen molar-refractivity contribution in [3.05, 3.63) is 59.1 Å². The smallest absolute Gasteiger partial charge is 0.274 e. The Kier molecular flexibility index (Phi) is 4.69. The van der Waals surface area contributed by atoms with Crippen LogP contribution in [0.3, 0.4) is 0 Å². The molecule has 0 bridgehead atoms. The molecule has 0 saturated carbocycles. The average molecular weight is 346 g/mol. The number of halogens is 1. The molecule has 1 atom stereocenters. The third-order valence-corrected chi connectivity index (χ3v) is 4.26. The molecule has 0 aliphatic carbocycles. The van der Waals surface area contributed by atoms with E-state index in [0.717, 1.165) is 11.4 Å². The van der Waals surface area contributed by atoms with Crippen molar-refractivity contribution in [1.82, 2.24) is 10.8 Å². The van der Waals surface area contributed by atoms with Crippen molar-refractivity contribution in [2.75, 3.05) is 11.4 Å². The van der Waals surface area contributed by atoms with Gasteiger partial charge in [-0.2, -0.15) is 0 Å². The molecule has 0 spiro atoms. The van der Waals surface area contributed by atoms with Gasteiger partial charge >= 0.3 is 0 Å². The second kappa shape index (κ2) is 6.90. The van der Waals surface area contributed by atoms with Gasteiger partial charge in [0.05, 0.1) is 16.8 Å². The number of carbonyl (C=O) groups is 2. The number of anilines is 2. The Hall–Kier alpha value is -2.57. The molecule has 1 aliphatic heterocycles. The molecule has 1 aliphatic rings. The van der Waals surface area contributed by atoms with Gasteiger partial charge in [-0.3, -0.25) is 14.8 Å². The van der Waals surface area contributed by atoms with Crippen LogP contribution in [0.1, 0.15) is 16.8 Å². The Bertz CT molecular complexity index is 764. The van der Waals surface area contributed by atoms with Gasteiger partial charge in [-0.05, 0) is 36.4 Å². The highest BCUT2D eigenvalue weighted by Gasteiger charge is 2.29. The second-order valence-electron chi connectivity index (χ2n) is 5.47. The van der Waals surface area contributed by atoms with E-state index in [4.69, 9.17) is 16.8 Å². The van der Waals surface area contributed by atoms with Gasteiger partial charge < -0.3 is 10.2 Å². The predicted octanol–water partition coefficient (Wildman–Crippen LogP) is 2.49. The molecule has 0 radical (unpaired) electrons. The fraction of sp³-hybridized carbons (Fsp3) is 0.176. The van der Waals surface area contributed by atoms with E-state index in [-0.39, 0.29) is 11.9 Å². The summed E-state index contributed by atoms with van der Waals surface area (Å²) in [5.41, 5.74) is 3.53. The van der Waals surface area contributed by atoms with E-state index in [0.29, 0.717) is 23.6 Å². The van der Waals surface area contributed by atoms with Crippen LogP contribution in [-0.2, 0) is 4.79 Å². The van der Waals surface area contributed by atoms with Crippen LogP contribution in [0.4, 0.5) is 11.4 Å². The molecule has 3 N–H and O–H groups in total. The van der Waals surface area contributed by atoms with E-state index >= 15 is 0 Å². The largest absolute Gasteiger partial charge is 0.354 e. The summed E-state index contributed by atoms with van der Waals surface area (Å²) in [7, 11) is 0. The van der Waals surface area contributed by atoms with Crippen molar-refractivity contribution in [3.63, 3.8) is 0 Å². The fourth-order valence-corrected chi connectivity index (χ4v) is 3.03. The molecule has 0 aromatic heterocycles. The summed E-state index contributed by atoms with van der Waals surface area (Å²) in [5, 5.41) is 12.1. The van der Waals surface area contributed by atoms with Gasteiger partial charge in [-0.1, -0.05) is 23.7 Å². The molecule has 6 nitrogen and oxygen atoms in total. The first kappa shape index (κ1) is 16.3. The van der Waals surface area contributed by atoms with Crippen LogP contribution in [0.15, 0.2) is 48.5 Å². The van der Waals surface area contributed by atoms with Crippen LogP contribution in [-0.4, -0.2) is 29.6 Å². The number of hydroxylamine groups is 1. The number of hydrogen-bond donors (Lipinski definition) is 3. The van der Waals surface area contributed by atoms with Gasteiger partial charge in [0.2, 0.25) is 5.91 Å². The molecule has 1 heterocycles. The molecule has 2 aromatic carbocycles. The van der Waals surface area contributed by atoms with E-state index in [1.165, 1.54) is 0 Å². The Morgan fingerprint density at radius 2 is 1.92 bits per heavy atom. The quantitative estimate of drug-likeness (QED) is 0.587. The lowest BCUT2D eigenvalue weighted by molar-refractivity contribution is -0.119. The van der Waals surface area contributed by atoms with Gasteiger partial charge in [0.25, 0.3) is 5.91 Å². The number of nitrogens with one attached hydrogen (secondary N) is 2. The summed E-state index contributed by atoms with van der Waals surface area (Å²) in [6.45, 7) is 0.517. The topological polar surface area (TPSA) is 81.7 Å². The van der Waals surface area contributed by atoms with Gasteiger partial charge in [0.15, 0.2) is 0 Å². The molecule has 7 heteroatoms. The lowest BCUT2D eigenvalue weighted by Crippen LogP contribution is -2.33. The third-order valence-electron chi connectivity index (χ3n) is 3.94. The van der Waals surface area contributed by atoms with Gasteiger partial charge in [0.1, 0.15) is 0 Å². The average Bonchev–Trinajstić information content (AvgIpc) is 3.03. The number of hydrogen-bond acceptors (Lipinski definition) is 4. The number of amides is 2. The molecule has 2 amide bonds. The van der Waals surface area contributed by atoms with E-state index in [2.05, 4.69) is 5.32 Å². The highest BCUT2D eigenvalue weighted by Crippen LogP contribution is 2.35. The van der Waals surface area contributed by atoms with Crippen LogP contribution in [0.25, 0.3) is 0 Å². The van der Waals surface area contributed by atoms with Crippen LogP contribution in [0.2, 0.25) is 5.02 Å². The second-order valence-corrected chi connectivity index (χ2v) is 5.88. The van der Waals surface area contributed by atoms with Crippen molar-refractivity contribution < 1.29 is 14.8 Å². The summed E-state index contributed by atoms with van der Waals surface area (Å²) in [6.07, 6.45) is 0.365. The zero-order valence-corrected chi connectivity index (χ0v) is 13.5. The minimum atomic E-state index is -0.580. The Morgan fingerprint density at radius 3 is 2.50 bits per heavy atom. The summed E-state index contributed by atoms with van der Waals surface area (Å²) in [5.74, 6) is -0.586. The van der Waals surface area contributed by atoms with Crippen molar-refractivity contribution in [2.45, 2.75) is 12.5 Å². The maximum absolute atomic E-state index is 11.6. The molecule has 24 heavy (non-hydrogen) atoms. The number of nitrogens with zero attached hydrogens (tertiary/aromatic N) is 1. The lowest BCUT2D eigenvalue weighted by Gasteiger charge is -2.31. The minimum absolute atomic E-state index is 0.00617. The zero-order valence-electron chi connectivity index (χ0n) is 12.7. The van der Waals surface area contributed by atoms with Gasteiger partial charge in [0, 0.05) is 24.2 Å². The normalized spacial score (nSPS) is 16.6. The van der Waals surface area contributed by atoms with E-state index in [9.17, 15) is 9.59 Å². The highest BCUT2D eigenvalue weighted by atomic mass is 35.5. The maximum Gasteiger partial charge on any atom is 0.274 e. The summed E-state index contributed by atoms with van der Waals surface area (Å²) < 4.78 is 0. The lowest BCUT2D eigenvalue weighted by atomic mass is 10.1.